The number of amides is 1. The molecule has 1 saturated carbocycles. The summed E-state index contributed by atoms with van der Waals surface area (Å²) in [5.74, 6) is -2.27. The van der Waals surface area contributed by atoms with Gasteiger partial charge >= 0.3 is 7.12 Å². The largest absolute Gasteiger partial charge is 0.475 e. The Kier molecular flexibility index (Phi) is 9.85. The molecule has 37 heavy (non-hydrogen) atoms. The third kappa shape index (κ3) is 8.41. The molecule has 3 aromatic rings. The van der Waals surface area contributed by atoms with Crippen LogP contribution in [0.1, 0.15) is 32.3 Å². The lowest BCUT2D eigenvalue weighted by atomic mass is 9.76. The van der Waals surface area contributed by atoms with Gasteiger partial charge in [-0.15, -0.1) is 0 Å². The molecule has 2 aromatic carbocycles. The van der Waals surface area contributed by atoms with Crippen LogP contribution in [-0.4, -0.2) is 48.2 Å². The highest BCUT2D eigenvalue weighted by Crippen LogP contribution is 2.33. The van der Waals surface area contributed by atoms with Crippen molar-refractivity contribution in [1.82, 2.24) is 10.3 Å². The maximum absolute atomic E-state index is 13.3. The van der Waals surface area contributed by atoms with Gasteiger partial charge in [-0.25, -0.2) is 8.42 Å². The van der Waals surface area contributed by atoms with Gasteiger partial charge in [-0.05, 0) is 60.7 Å². The fourth-order valence-corrected chi connectivity index (χ4v) is 5.65. The average molecular weight is 523 g/mol. The minimum absolute atomic E-state index is 0. The number of anilines is 2. The Morgan fingerprint density at radius 1 is 0.973 bits per heavy atom. The molecule has 0 unspecified atom stereocenters. The maximum atomic E-state index is 13.3. The van der Waals surface area contributed by atoms with Gasteiger partial charge in [0.2, 0.25) is 5.91 Å². The molecule has 0 aliphatic heterocycles. The number of pyridine rings is 1. The Hall–Kier alpha value is -3.21. The van der Waals surface area contributed by atoms with Gasteiger partial charge in [0.15, 0.2) is 9.84 Å². The van der Waals surface area contributed by atoms with Crippen LogP contribution in [0.4, 0.5) is 11.4 Å². The van der Waals surface area contributed by atoms with Crippen molar-refractivity contribution >= 4 is 34.2 Å². The first-order valence-corrected chi connectivity index (χ1v) is 13.7. The Bertz CT molecular complexity index is 1240. The van der Waals surface area contributed by atoms with Gasteiger partial charge in [-0.1, -0.05) is 50.6 Å². The van der Waals surface area contributed by atoms with Crippen molar-refractivity contribution in [2.24, 2.45) is 11.8 Å². The SMILES string of the molecule is C.O=C(N[C@@H](CC1CC1)B(O)O)[C@H](Cc1ccccc1)CS(=O)(=O)c1ccc(Nc2ccncc2)cc1. The number of nitrogens with one attached hydrogen (secondary N) is 2. The molecule has 1 heterocycles. The lowest BCUT2D eigenvalue weighted by molar-refractivity contribution is -0.124. The molecule has 1 amide bonds. The topological polar surface area (TPSA) is 129 Å². The van der Waals surface area contributed by atoms with Gasteiger partial charge in [-0.2, -0.15) is 0 Å². The molecule has 1 aliphatic carbocycles. The summed E-state index contributed by atoms with van der Waals surface area (Å²) in [5.41, 5.74) is 2.37. The molecular formula is C27H34BN3O5S. The minimum atomic E-state index is -3.80. The van der Waals surface area contributed by atoms with Crippen molar-refractivity contribution in [3.63, 3.8) is 0 Å². The Morgan fingerprint density at radius 2 is 1.59 bits per heavy atom. The van der Waals surface area contributed by atoms with Gasteiger partial charge in [0.1, 0.15) is 0 Å². The predicted octanol–water partition coefficient (Wildman–Crippen LogP) is 3.39. The van der Waals surface area contributed by atoms with E-state index in [1.165, 1.54) is 12.1 Å². The second-order valence-corrected chi connectivity index (χ2v) is 11.3. The van der Waals surface area contributed by atoms with E-state index < -0.39 is 40.5 Å². The van der Waals surface area contributed by atoms with Crippen molar-refractivity contribution in [3.05, 3.63) is 84.7 Å². The first kappa shape index (κ1) is 28.4. The monoisotopic (exact) mass is 523 g/mol. The third-order valence-electron chi connectivity index (χ3n) is 6.27. The van der Waals surface area contributed by atoms with Crippen LogP contribution in [0.25, 0.3) is 0 Å². The summed E-state index contributed by atoms with van der Waals surface area (Å²) < 4.78 is 26.6. The molecular weight excluding hydrogens is 489 g/mol. The summed E-state index contributed by atoms with van der Waals surface area (Å²) in [6.45, 7) is 0. The van der Waals surface area contributed by atoms with Crippen LogP contribution in [0.15, 0.2) is 84.0 Å². The Labute approximate surface area is 219 Å². The van der Waals surface area contributed by atoms with Crippen LogP contribution in [0, 0.1) is 11.8 Å². The highest BCUT2D eigenvalue weighted by Gasteiger charge is 2.35. The normalized spacial score (nSPS) is 14.6. The standard InChI is InChI=1S/C26H30BN3O5S.CH4/c31-26(30-25(27(32)33)17-20-6-7-20)21(16-19-4-2-1-3-5-19)18-36(34,35)24-10-8-22(9-11-24)29-23-12-14-28-15-13-23;/h1-5,8-15,20-21,25,32-33H,6-7,16-18H2,(H,28,29)(H,30,31);1H4/t21-,25+;/m1./s1. The molecule has 2 atom stereocenters. The molecule has 4 N–H and O–H groups in total. The number of aromatic nitrogens is 1. The van der Waals surface area contributed by atoms with Gasteiger partial charge in [0.05, 0.1) is 22.5 Å². The van der Waals surface area contributed by atoms with Crippen LogP contribution in [-0.2, 0) is 21.1 Å². The van der Waals surface area contributed by atoms with Gasteiger partial charge in [0, 0.05) is 23.8 Å². The van der Waals surface area contributed by atoms with Gasteiger partial charge in [-0.3, -0.25) is 9.78 Å². The Balaban J connectivity index is 0.00000380. The molecule has 0 bridgehead atoms. The number of sulfone groups is 1. The van der Waals surface area contributed by atoms with E-state index in [4.69, 9.17) is 0 Å². The molecule has 1 aliphatic rings. The summed E-state index contributed by atoms with van der Waals surface area (Å²) in [7, 11) is -5.51. The maximum Gasteiger partial charge on any atom is 0.475 e. The fourth-order valence-electron chi connectivity index (χ4n) is 4.10. The highest BCUT2D eigenvalue weighted by atomic mass is 32.2. The average Bonchev–Trinajstić information content (AvgIpc) is 3.69. The highest BCUT2D eigenvalue weighted by molar-refractivity contribution is 7.91. The smallest absolute Gasteiger partial charge is 0.426 e. The molecule has 1 aromatic heterocycles. The number of nitrogens with zero attached hydrogens (tertiary/aromatic N) is 1. The molecule has 0 saturated heterocycles. The van der Waals surface area contributed by atoms with E-state index in [-0.39, 0.29) is 18.7 Å². The molecule has 0 spiro atoms. The molecule has 1 fully saturated rings. The fraction of sp³-hybridized carbons (Fsp3) is 0.333. The lowest BCUT2D eigenvalue weighted by Gasteiger charge is -2.22. The van der Waals surface area contributed by atoms with Gasteiger partial charge < -0.3 is 20.7 Å². The number of carbonyl (C=O) groups excluding carboxylic acids is 1. The molecule has 0 radical (unpaired) electrons. The van der Waals surface area contributed by atoms with Crippen molar-refractivity contribution in [1.29, 1.82) is 0 Å². The van der Waals surface area contributed by atoms with E-state index in [1.54, 1.807) is 36.7 Å². The lowest BCUT2D eigenvalue weighted by Crippen LogP contribution is -2.50. The van der Waals surface area contributed by atoms with E-state index >= 15 is 0 Å². The summed E-state index contributed by atoms with van der Waals surface area (Å²) in [4.78, 5) is 17.3. The molecule has 8 nitrogen and oxygen atoms in total. The number of hydrogen-bond donors (Lipinski definition) is 4. The van der Waals surface area contributed by atoms with Crippen LogP contribution in [0.5, 0.6) is 0 Å². The van der Waals surface area contributed by atoms with Crippen molar-refractivity contribution in [2.75, 3.05) is 11.1 Å². The third-order valence-corrected chi connectivity index (χ3v) is 8.10. The number of hydrogen-bond acceptors (Lipinski definition) is 7. The number of benzene rings is 2. The predicted molar refractivity (Wildman–Crippen MR) is 146 cm³/mol. The van der Waals surface area contributed by atoms with E-state index in [0.29, 0.717) is 12.3 Å². The van der Waals surface area contributed by atoms with Gasteiger partial charge in [0.25, 0.3) is 0 Å². The van der Waals surface area contributed by atoms with Crippen molar-refractivity contribution in [3.8, 4) is 0 Å². The summed E-state index contributed by atoms with van der Waals surface area (Å²) >= 11 is 0. The van der Waals surface area contributed by atoms with Crippen molar-refractivity contribution < 1.29 is 23.3 Å². The zero-order valence-electron chi connectivity index (χ0n) is 19.8. The second-order valence-electron chi connectivity index (χ2n) is 9.26. The summed E-state index contributed by atoms with van der Waals surface area (Å²) in [6.07, 6.45) is 5.97. The van der Waals surface area contributed by atoms with E-state index in [2.05, 4.69) is 15.6 Å². The van der Waals surface area contributed by atoms with Crippen molar-refractivity contribution in [2.45, 2.75) is 43.9 Å². The van der Waals surface area contributed by atoms with E-state index in [0.717, 1.165) is 29.8 Å². The summed E-state index contributed by atoms with van der Waals surface area (Å²) in [6, 6.07) is 19.2. The first-order chi connectivity index (χ1) is 17.3. The van der Waals surface area contributed by atoms with E-state index in [9.17, 15) is 23.3 Å². The number of carbonyl (C=O) groups is 1. The quantitative estimate of drug-likeness (QED) is 0.268. The van der Waals surface area contributed by atoms with Crippen LogP contribution < -0.4 is 10.6 Å². The summed E-state index contributed by atoms with van der Waals surface area (Å²) in [5, 5.41) is 25.4. The first-order valence-electron chi connectivity index (χ1n) is 12.0. The zero-order chi connectivity index (χ0) is 25.5. The Morgan fingerprint density at radius 3 is 2.19 bits per heavy atom. The molecule has 196 valence electrons. The number of rotatable bonds is 12. The molecule has 10 heteroatoms. The van der Waals surface area contributed by atoms with Crippen LogP contribution in [0.2, 0.25) is 0 Å². The molecule has 4 rings (SSSR count). The van der Waals surface area contributed by atoms with Crippen LogP contribution in [0.3, 0.4) is 0 Å². The van der Waals surface area contributed by atoms with E-state index in [1.807, 2.05) is 30.3 Å². The zero-order valence-corrected chi connectivity index (χ0v) is 20.6. The van der Waals surface area contributed by atoms with Crippen LogP contribution >= 0.6 is 0 Å². The second kappa shape index (κ2) is 12.8. The minimum Gasteiger partial charge on any atom is -0.426 e.